The molecule has 0 aromatic heterocycles. The van der Waals surface area contributed by atoms with Crippen LogP contribution in [-0.2, 0) is 0 Å². The van der Waals surface area contributed by atoms with Crippen LogP contribution in [0.15, 0.2) is 109 Å². The molecule has 1 aliphatic heterocycles. The Morgan fingerprint density at radius 3 is 1.71 bits per heavy atom. The third kappa shape index (κ3) is 3.56. The van der Waals surface area contributed by atoms with Crippen molar-refractivity contribution < 1.29 is 0 Å². The van der Waals surface area contributed by atoms with E-state index in [2.05, 4.69) is 133 Å². The van der Waals surface area contributed by atoms with Crippen molar-refractivity contribution in [1.29, 1.82) is 0 Å². The van der Waals surface area contributed by atoms with Crippen LogP contribution in [0.3, 0.4) is 0 Å². The Balaban J connectivity index is 1.83. The maximum Gasteiger partial charge on any atom is 0.0793 e. The molecule has 1 aliphatic rings. The standard InChI is InChI=1S/C29H26N2/c1-21-13-9-11-19-25(21)27-28(23-15-5-3-6-16-23)30-31(24-17-7-4-8-18-24)29(27)26-20-12-10-14-22(26)2/h3-20,28,30H,1-2H3. The van der Waals surface area contributed by atoms with Crippen LogP contribution >= 0.6 is 0 Å². The highest BCUT2D eigenvalue weighted by Crippen LogP contribution is 2.46. The van der Waals surface area contributed by atoms with E-state index >= 15 is 0 Å². The fourth-order valence-corrected chi connectivity index (χ4v) is 4.45. The third-order valence-electron chi connectivity index (χ3n) is 6.01. The second kappa shape index (κ2) is 8.25. The number of nitrogens with one attached hydrogen (secondary N) is 1. The molecule has 0 spiro atoms. The van der Waals surface area contributed by atoms with Crippen molar-refractivity contribution in [2.45, 2.75) is 19.9 Å². The summed E-state index contributed by atoms with van der Waals surface area (Å²) < 4.78 is 0. The highest BCUT2D eigenvalue weighted by molar-refractivity contribution is 6.02. The summed E-state index contributed by atoms with van der Waals surface area (Å²) in [5, 5.41) is 2.27. The van der Waals surface area contributed by atoms with E-state index < -0.39 is 0 Å². The van der Waals surface area contributed by atoms with Crippen molar-refractivity contribution in [1.82, 2.24) is 5.43 Å². The average molecular weight is 403 g/mol. The maximum atomic E-state index is 3.83. The summed E-state index contributed by atoms with van der Waals surface area (Å²) in [5.41, 5.74) is 13.8. The first-order valence-electron chi connectivity index (χ1n) is 10.8. The summed E-state index contributed by atoms with van der Waals surface area (Å²) in [6, 6.07) is 38.7. The van der Waals surface area contributed by atoms with E-state index in [4.69, 9.17) is 0 Å². The minimum atomic E-state index is 0.0529. The Morgan fingerprint density at radius 1 is 0.581 bits per heavy atom. The number of para-hydroxylation sites is 1. The van der Waals surface area contributed by atoms with Crippen LogP contribution in [-0.4, -0.2) is 0 Å². The largest absolute Gasteiger partial charge is 0.275 e. The van der Waals surface area contributed by atoms with Crippen LogP contribution in [0.1, 0.15) is 33.9 Å². The number of benzene rings is 4. The van der Waals surface area contributed by atoms with Gasteiger partial charge in [0.15, 0.2) is 0 Å². The van der Waals surface area contributed by atoms with Crippen molar-refractivity contribution in [3.63, 3.8) is 0 Å². The minimum absolute atomic E-state index is 0.0529. The van der Waals surface area contributed by atoms with E-state index in [0.29, 0.717) is 0 Å². The summed E-state index contributed by atoms with van der Waals surface area (Å²) in [6.07, 6.45) is 0. The molecule has 1 atom stereocenters. The molecule has 0 radical (unpaired) electrons. The van der Waals surface area contributed by atoms with Gasteiger partial charge in [-0.3, -0.25) is 5.01 Å². The average Bonchev–Trinajstić information content (AvgIpc) is 3.21. The van der Waals surface area contributed by atoms with Gasteiger partial charge >= 0.3 is 0 Å². The predicted octanol–water partition coefficient (Wildman–Crippen LogP) is 6.94. The van der Waals surface area contributed by atoms with Crippen LogP contribution in [0.4, 0.5) is 5.69 Å². The third-order valence-corrected chi connectivity index (χ3v) is 6.01. The van der Waals surface area contributed by atoms with E-state index in [1.807, 2.05) is 0 Å². The van der Waals surface area contributed by atoms with Gasteiger partial charge in [-0.05, 0) is 48.2 Å². The Kier molecular flexibility index (Phi) is 5.15. The van der Waals surface area contributed by atoms with Gasteiger partial charge in [-0.15, -0.1) is 0 Å². The molecule has 2 nitrogen and oxygen atoms in total. The molecule has 0 saturated carbocycles. The fourth-order valence-electron chi connectivity index (χ4n) is 4.45. The SMILES string of the molecule is Cc1ccccc1C1=C(c2ccccc2C)N(c2ccccc2)NC1c1ccccc1. The Labute approximate surface area is 184 Å². The monoisotopic (exact) mass is 402 g/mol. The van der Waals surface area contributed by atoms with Crippen molar-refractivity contribution in [2.75, 3.05) is 5.01 Å². The first-order chi connectivity index (χ1) is 15.2. The van der Waals surface area contributed by atoms with E-state index in [1.165, 1.54) is 39.1 Å². The highest BCUT2D eigenvalue weighted by atomic mass is 15.5. The number of aryl methyl sites for hydroxylation is 2. The zero-order valence-electron chi connectivity index (χ0n) is 17.9. The van der Waals surface area contributed by atoms with E-state index in [1.54, 1.807) is 0 Å². The first-order valence-corrected chi connectivity index (χ1v) is 10.8. The molecular formula is C29H26N2. The molecule has 31 heavy (non-hydrogen) atoms. The molecule has 152 valence electrons. The topological polar surface area (TPSA) is 15.3 Å². The molecule has 1 unspecified atom stereocenters. The molecule has 2 heteroatoms. The fraction of sp³-hybridized carbons (Fsp3) is 0.103. The zero-order valence-corrected chi connectivity index (χ0v) is 17.9. The van der Waals surface area contributed by atoms with Crippen molar-refractivity contribution in [3.05, 3.63) is 137 Å². The summed E-state index contributed by atoms with van der Waals surface area (Å²) in [4.78, 5) is 0. The first kappa shape index (κ1) is 19.3. The summed E-state index contributed by atoms with van der Waals surface area (Å²) in [6.45, 7) is 4.39. The Bertz CT molecular complexity index is 1130. The van der Waals surface area contributed by atoms with Crippen molar-refractivity contribution in [2.24, 2.45) is 0 Å². The molecular weight excluding hydrogens is 376 g/mol. The number of nitrogens with zero attached hydrogens (tertiary/aromatic N) is 1. The van der Waals surface area contributed by atoms with Crippen molar-refractivity contribution >= 4 is 17.0 Å². The maximum absolute atomic E-state index is 3.83. The van der Waals surface area contributed by atoms with Crippen LogP contribution in [0.2, 0.25) is 0 Å². The number of hydrazine groups is 1. The van der Waals surface area contributed by atoms with Crippen LogP contribution in [0.5, 0.6) is 0 Å². The highest BCUT2D eigenvalue weighted by Gasteiger charge is 2.35. The molecule has 4 aromatic rings. The molecule has 4 aromatic carbocycles. The molecule has 0 amide bonds. The molecule has 0 bridgehead atoms. The molecule has 1 N–H and O–H groups in total. The van der Waals surface area contributed by atoms with Gasteiger partial charge in [0.1, 0.15) is 0 Å². The lowest BCUT2D eigenvalue weighted by molar-refractivity contribution is 0.683. The van der Waals surface area contributed by atoms with Gasteiger partial charge in [-0.1, -0.05) is 97.1 Å². The van der Waals surface area contributed by atoms with Gasteiger partial charge in [0, 0.05) is 11.1 Å². The van der Waals surface area contributed by atoms with E-state index in [-0.39, 0.29) is 6.04 Å². The lowest BCUT2D eigenvalue weighted by Crippen LogP contribution is -2.33. The summed E-state index contributed by atoms with van der Waals surface area (Å²) >= 11 is 0. The number of hydrogen-bond donors (Lipinski definition) is 1. The molecule has 0 aliphatic carbocycles. The van der Waals surface area contributed by atoms with Crippen LogP contribution < -0.4 is 10.4 Å². The van der Waals surface area contributed by atoms with Crippen LogP contribution in [0.25, 0.3) is 11.3 Å². The van der Waals surface area contributed by atoms with E-state index in [0.717, 1.165) is 5.69 Å². The van der Waals surface area contributed by atoms with E-state index in [9.17, 15) is 0 Å². The Morgan fingerprint density at radius 2 is 1.10 bits per heavy atom. The Hall–Kier alpha value is -3.62. The van der Waals surface area contributed by atoms with Gasteiger partial charge in [0.2, 0.25) is 0 Å². The number of hydrogen-bond acceptors (Lipinski definition) is 2. The summed E-state index contributed by atoms with van der Waals surface area (Å²) in [7, 11) is 0. The zero-order chi connectivity index (χ0) is 21.2. The van der Waals surface area contributed by atoms with Gasteiger partial charge < -0.3 is 0 Å². The van der Waals surface area contributed by atoms with Gasteiger partial charge in [0.05, 0.1) is 17.4 Å². The molecule has 0 fully saturated rings. The smallest absolute Gasteiger partial charge is 0.0793 e. The van der Waals surface area contributed by atoms with Crippen LogP contribution in [0, 0.1) is 13.8 Å². The number of anilines is 1. The second-order valence-corrected chi connectivity index (χ2v) is 8.04. The minimum Gasteiger partial charge on any atom is -0.275 e. The number of rotatable bonds is 4. The predicted molar refractivity (Wildman–Crippen MR) is 130 cm³/mol. The lowest BCUT2D eigenvalue weighted by Gasteiger charge is -2.25. The van der Waals surface area contributed by atoms with Crippen molar-refractivity contribution in [3.8, 4) is 0 Å². The van der Waals surface area contributed by atoms with Gasteiger partial charge in [0.25, 0.3) is 0 Å². The quantitative estimate of drug-likeness (QED) is 0.398. The molecule has 1 heterocycles. The lowest BCUT2D eigenvalue weighted by atomic mass is 9.88. The molecule has 0 saturated heterocycles. The van der Waals surface area contributed by atoms with Gasteiger partial charge in [-0.2, -0.15) is 0 Å². The normalized spacial score (nSPS) is 16.1. The second-order valence-electron chi connectivity index (χ2n) is 8.04. The molecule has 5 rings (SSSR count). The van der Waals surface area contributed by atoms with Gasteiger partial charge in [-0.25, -0.2) is 5.43 Å². The summed E-state index contributed by atoms with van der Waals surface area (Å²) in [5.74, 6) is 0.